The summed E-state index contributed by atoms with van der Waals surface area (Å²) in [6, 6.07) is 2.11. The number of nitriles is 1. The number of hydrogen-bond acceptors (Lipinski definition) is 2. The molecule has 2 rings (SSSR count). The summed E-state index contributed by atoms with van der Waals surface area (Å²) in [6.07, 6.45) is 0.246. The van der Waals surface area contributed by atoms with E-state index in [1.54, 1.807) is 4.68 Å². The molecule has 1 aliphatic carbocycles. The lowest BCUT2D eigenvalue weighted by Crippen LogP contribution is -2.28. The average molecular weight is 323 g/mol. The molecule has 0 bridgehead atoms. The van der Waals surface area contributed by atoms with Gasteiger partial charge in [-0.05, 0) is 31.9 Å². The molecule has 74 valence electrons. The fourth-order valence-electron chi connectivity index (χ4n) is 1.44. The lowest BCUT2D eigenvalue weighted by molar-refractivity contribution is 0.126. The quantitative estimate of drug-likeness (QED) is 0.797. The topological polar surface area (TPSA) is 41.6 Å². The fourth-order valence-corrected chi connectivity index (χ4v) is 2.80. The van der Waals surface area contributed by atoms with Gasteiger partial charge in [0, 0.05) is 12.8 Å². The van der Waals surface area contributed by atoms with Gasteiger partial charge in [-0.15, -0.1) is 0 Å². The standard InChI is InChI=1S/C8H6Br2FN3/c9-7-6(3-12)8(10)14(13-7)5-1-4(11)2-5/h4-5H,1-2H2. The Morgan fingerprint density at radius 2 is 2.14 bits per heavy atom. The molecule has 0 saturated heterocycles. The van der Waals surface area contributed by atoms with Crippen molar-refractivity contribution in [2.75, 3.05) is 0 Å². The van der Waals surface area contributed by atoms with E-state index in [0.717, 1.165) is 0 Å². The van der Waals surface area contributed by atoms with Crippen LogP contribution in [0.1, 0.15) is 24.4 Å². The maximum atomic E-state index is 12.6. The third-order valence-corrected chi connectivity index (χ3v) is 3.64. The highest BCUT2D eigenvalue weighted by atomic mass is 79.9. The number of halogens is 3. The first-order valence-electron chi connectivity index (χ1n) is 4.11. The normalized spacial score (nSPS) is 25.6. The number of rotatable bonds is 1. The Balaban J connectivity index is 2.32. The number of alkyl halides is 1. The van der Waals surface area contributed by atoms with Crippen molar-refractivity contribution >= 4 is 31.9 Å². The molecule has 1 saturated carbocycles. The van der Waals surface area contributed by atoms with Gasteiger partial charge in [-0.1, -0.05) is 0 Å². The Kier molecular flexibility index (Phi) is 2.62. The van der Waals surface area contributed by atoms with Crippen LogP contribution in [0.15, 0.2) is 9.21 Å². The molecule has 0 radical (unpaired) electrons. The minimum atomic E-state index is -0.722. The van der Waals surface area contributed by atoms with Gasteiger partial charge >= 0.3 is 0 Å². The first-order chi connectivity index (χ1) is 6.63. The lowest BCUT2D eigenvalue weighted by Gasteiger charge is -2.30. The summed E-state index contributed by atoms with van der Waals surface area (Å²) >= 11 is 6.47. The lowest BCUT2D eigenvalue weighted by atomic mass is 9.91. The third-order valence-electron chi connectivity index (χ3n) is 2.32. The maximum Gasteiger partial charge on any atom is 0.147 e. The van der Waals surface area contributed by atoms with Gasteiger partial charge in [0.2, 0.25) is 0 Å². The zero-order valence-corrected chi connectivity index (χ0v) is 10.2. The molecular weight excluding hydrogens is 317 g/mol. The first kappa shape index (κ1) is 10.1. The Morgan fingerprint density at radius 3 is 2.57 bits per heavy atom. The van der Waals surface area contributed by atoms with Gasteiger partial charge in [0.1, 0.15) is 27.0 Å². The molecule has 1 aliphatic rings. The van der Waals surface area contributed by atoms with Crippen LogP contribution in [-0.2, 0) is 0 Å². The first-order valence-corrected chi connectivity index (χ1v) is 5.69. The highest BCUT2D eigenvalue weighted by Gasteiger charge is 2.33. The molecule has 6 heteroatoms. The van der Waals surface area contributed by atoms with Gasteiger partial charge < -0.3 is 0 Å². The predicted molar refractivity (Wildman–Crippen MR) is 55.5 cm³/mol. The number of nitrogens with zero attached hydrogens (tertiary/aromatic N) is 3. The van der Waals surface area contributed by atoms with Crippen molar-refractivity contribution in [3.05, 3.63) is 14.8 Å². The second-order valence-electron chi connectivity index (χ2n) is 3.24. The van der Waals surface area contributed by atoms with Crippen molar-refractivity contribution in [3.63, 3.8) is 0 Å². The zero-order chi connectivity index (χ0) is 10.3. The highest BCUT2D eigenvalue weighted by molar-refractivity contribution is 9.11. The minimum Gasteiger partial charge on any atom is -0.253 e. The second kappa shape index (κ2) is 3.63. The molecule has 0 N–H and O–H groups in total. The molecule has 0 aromatic carbocycles. The van der Waals surface area contributed by atoms with E-state index in [0.29, 0.717) is 27.6 Å². The van der Waals surface area contributed by atoms with E-state index in [9.17, 15) is 4.39 Å². The molecule has 0 atom stereocenters. The molecule has 3 nitrogen and oxygen atoms in total. The smallest absolute Gasteiger partial charge is 0.147 e. The van der Waals surface area contributed by atoms with Gasteiger partial charge in [0.25, 0.3) is 0 Å². The molecular formula is C8H6Br2FN3. The van der Waals surface area contributed by atoms with Gasteiger partial charge in [-0.25, -0.2) is 4.39 Å². The molecule has 1 heterocycles. The van der Waals surface area contributed by atoms with Crippen LogP contribution in [0.3, 0.4) is 0 Å². The molecule has 0 aliphatic heterocycles. The molecule has 0 amide bonds. The van der Waals surface area contributed by atoms with Crippen LogP contribution in [0, 0.1) is 11.3 Å². The van der Waals surface area contributed by atoms with Crippen LogP contribution in [0.2, 0.25) is 0 Å². The van der Waals surface area contributed by atoms with Crippen LogP contribution < -0.4 is 0 Å². The van der Waals surface area contributed by atoms with E-state index in [1.807, 2.05) is 6.07 Å². The van der Waals surface area contributed by atoms with E-state index in [-0.39, 0.29) is 6.04 Å². The van der Waals surface area contributed by atoms with Gasteiger partial charge in [-0.2, -0.15) is 10.4 Å². The summed E-state index contributed by atoms with van der Waals surface area (Å²) < 4.78 is 15.4. The number of hydrogen-bond donors (Lipinski definition) is 0. The van der Waals surface area contributed by atoms with E-state index in [1.165, 1.54) is 0 Å². The Bertz CT molecular complexity index is 403. The van der Waals surface area contributed by atoms with E-state index >= 15 is 0 Å². The minimum absolute atomic E-state index is 0.0813. The van der Waals surface area contributed by atoms with Gasteiger partial charge in [0.05, 0.1) is 6.04 Å². The summed E-state index contributed by atoms with van der Waals surface area (Å²) in [5.74, 6) is 0. The summed E-state index contributed by atoms with van der Waals surface area (Å²) in [5, 5.41) is 12.9. The van der Waals surface area contributed by atoms with Crippen LogP contribution in [0.25, 0.3) is 0 Å². The highest BCUT2D eigenvalue weighted by Crippen LogP contribution is 2.38. The summed E-state index contributed by atoms with van der Waals surface area (Å²) in [4.78, 5) is 0. The summed E-state index contributed by atoms with van der Waals surface area (Å²) in [7, 11) is 0. The molecule has 1 fully saturated rings. The maximum absolute atomic E-state index is 12.6. The molecule has 1 aromatic heterocycles. The van der Waals surface area contributed by atoms with Crippen molar-refractivity contribution in [1.29, 1.82) is 5.26 Å². The van der Waals surface area contributed by atoms with Crippen LogP contribution in [-0.4, -0.2) is 16.0 Å². The largest absolute Gasteiger partial charge is 0.253 e. The van der Waals surface area contributed by atoms with E-state index in [4.69, 9.17) is 5.26 Å². The van der Waals surface area contributed by atoms with Crippen molar-refractivity contribution in [2.24, 2.45) is 0 Å². The summed E-state index contributed by atoms with van der Waals surface area (Å²) in [5.41, 5.74) is 0.465. The van der Waals surface area contributed by atoms with E-state index in [2.05, 4.69) is 37.0 Å². The third kappa shape index (κ3) is 1.48. The summed E-state index contributed by atoms with van der Waals surface area (Å²) in [6.45, 7) is 0. The Labute approximate surface area is 97.2 Å². The second-order valence-corrected chi connectivity index (χ2v) is 4.74. The fraction of sp³-hybridized carbons (Fsp3) is 0.500. The van der Waals surface area contributed by atoms with Crippen molar-refractivity contribution in [3.8, 4) is 6.07 Å². The van der Waals surface area contributed by atoms with Crippen LogP contribution >= 0.6 is 31.9 Å². The SMILES string of the molecule is N#Cc1c(Br)nn(C2CC(F)C2)c1Br. The van der Waals surface area contributed by atoms with Gasteiger partial charge in [-0.3, -0.25) is 4.68 Å². The van der Waals surface area contributed by atoms with Crippen molar-refractivity contribution in [1.82, 2.24) is 9.78 Å². The molecule has 14 heavy (non-hydrogen) atoms. The zero-order valence-electron chi connectivity index (χ0n) is 7.04. The average Bonchev–Trinajstić information content (AvgIpc) is 2.36. The monoisotopic (exact) mass is 321 g/mol. The Hall–Kier alpha value is -0.410. The molecule has 0 spiro atoms. The van der Waals surface area contributed by atoms with Crippen molar-refractivity contribution < 1.29 is 4.39 Å². The van der Waals surface area contributed by atoms with Crippen LogP contribution in [0.5, 0.6) is 0 Å². The Morgan fingerprint density at radius 1 is 1.50 bits per heavy atom. The van der Waals surface area contributed by atoms with E-state index < -0.39 is 6.17 Å². The van der Waals surface area contributed by atoms with Crippen molar-refractivity contribution in [2.45, 2.75) is 25.1 Å². The predicted octanol–water partition coefficient (Wildman–Crippen LogP) is 2.95. The van der Waals surface area contributed by atoms with Gasteiger partial charge in [0.15, 0.2) is 0 Å². The molecule has 0 unspecified atom stereocenters. The molecule has 1 aromatic rings. The number of aromatic nitrogens is 2. The van der Waals surface area contributed by atoms with Crippen LogP contribution in [0.4, 0.5) is 4.39 Å².